The van der Waals surface area contributed by atoms with Gasteiger partial charge in [-0.15, -0.1) is 0 Å². The Morgan fingerprint density at radius 3 is 2.57 bits per heavy atom. The summed E-state index contributed by atoms with van der Waals surface area (Å²) in [5.74, 6) is 1.13. The van der Waals surface area contributed by atoms with Crippen molar-refractivity contribution < 1.29 is 14.3 Å². The number of amides is 2. The number of nitrogens with zero attached hydrogens (tertiary/aromatic N) is 3. The molecule has 0 unspecified atom stereocenters. The molecule has 1 fully saturated rings. The Labute approximate surface area is 202 Å². The molecule has 3 heterocycles. The molecule has 0 radical (unpaired) electrons. The van der Waals surface area contributed by atoms with E-state index in [1.807, 2.05) is 24.3 Å². The number of H-pyrrole nitrogens is 1. The van der Waals surface area contributed by atoms with Gasteiger partial charge in [0.25, 0.3) is 16.7 Å². The minimum absolute atomic E-state index is 0.198. The zero-order chi connectivity index (χ0) is 24.2. The second-order valence-electron chi connectivity index (χ2n) is 7.43. The Bertz CT molecular complexity index is 1520. The lowest BCUT2D eigenvalue weighted by Crippen LogP contribution is -2.18. The molecule has 3 N–H and O–H groups in total. The van der Waals surface area contributed by atoms with Crippen LogP contribution in [0.5, 0.6) is 11.6 Å². The summed E-state index contributed by atoms with van der Waals surface area (Å²) in [4.78, 5) is 52.1. The fourth-order valence-electron chi connectivity index (χ4n) is 3.36. The number of hydrogen-bond acceptors (Lipinski definition) is 9. The lowest BCUT2D eigenvalue weighted by atomic mass is 10.2. The van der Waals surface area contributed by atoms with Crippen molar-refractivity contribution >= 4 is 45.8 Å². The topological polar surface area (TPSA) is 139 Å². The van der Waals surface area contributed by atoms with E-state index in [4.69, 9.17) is 4.74 Å². The first-order valence-corrected chi connectivity index (χ1v) is 11.4. The summed E-state index contributed by atoms with van der Waals surface area (Å²) in [7, 11) is 0. The van der Waals surface area contributed by atoms with Gasteiger partial charge in [0.2, 0.25) is 11.8 Å². The minimum Gasteiger partial charge on any atom is -0.439 e. The van der Waals surface area contributed by atoms with E-state index >= 15 is 0 Å². The Balaban J connectivity index is 1.37. The number of nitrogens with one attached hydrogen (secondary N) is 3. The van der Waals surface area contributed by atoms with Gasteiger partial charge in [-0.2, -0.15) is 4.98 Å². The number of ether oxygens (including phenoxy) is 1. The van der Waals surface area contributed by atoms with E-state index < -0.39 is 11.1 Å². The molecule has 1 aliphatic heterocycles. The first-order chi connectivity index (χ1) is 17.0. The van der Waals surface area contributed by atoms with Crippen LogP contribution in [-0.2, 0) is 11.2 Å². The molecule has 35 heavy (non-hydrogen) atoms. The van der Waals surface area contributed by atoms with Crippen molar-refractivity contribution in [1.82, 2.24) is 25.3 Å². The lowest BCUT2D eigenvalue weighted by Gasteiger charge is -2.10. The van der Waals surface area contributed by atoms with Gasteiger partial charge in [-0.1, -0.05) is 30.3 Å². The highest BCUT2D eigenvalue weighted by molar-refractivity contribution is 8.18. The lowest BCUT2D eigenvalue weighted by molar-refractivity contribution is -0.115. The fraction of sp³-hybridized carbons (Fsp3) is 0.0833. The number of rotatable bonds is 7. The highest BCUT2D eigenvalue weighted by Crippen LogP contribution is 2.27. The fourth-order valence-corrected chi connectivity index (χ4v) is 4.03. The van der Waals surface area contributed by atoms with Gasteiger partial charge in [0.05, 0.1) is 21.5 Å². The van der Waals surface area contributed by atoms with Gasteiger partial charge in [0.1, 0.15) is 11.6 Å². The molecule has 2 aromatic carbocycles. The standard InChI is InChI=1S/C24H18N6O4S/c31-21-16-8-4-5-9-17(16)27-19(28-21)10-11-25-23-26-14(12-18-22(32)30-24(33)35-18)13-20(29-23)34-15-6-2-1-3-7-15/h1-9,12-13H,10-11H2,(H,25,26,29)(H,27,28,31)(H,30,32,33). The van der Waals surface area contributed by atoms with Gasteiger partial charge in [0, 0.05) is 19.0 Å². The van der Waals surface area contributed by atoms with Crippen LogP contribution in [0.2, 0.25) is 0 Å². The molecule has 4 aromatic rings. The van der Waals surface area contributed by atoms with Crippen LogP contribution in [0.15, 0.2) is 70.4 Å². The maximum atomic E-state index is 12.3. The molecular weight excluding hydrogens is 468 g/mol. The number of para-hydroxylation sites is 2. The Morgan fingerprint density at radius 1 is 0.971 bits per heavy atom. The van der Waals surface area contributed by atoms with E-state index in [1.54, 1.807) is 36.4 Å². The molecule has 11 heteroatoms. The van der Waals surface area contributed by atoms with Gasteiger partial charge in [0.15, 0.2) is 0 Å². The summed E-state index contributed by atoms with van der Waals surface area (Å²) >= 11 is 0.799. The largest absolute Gasteiger partial charge is 0.439 e. The van der Waals surface area contributed by atoms with E-state index in [0.717, 1.165) is 11.8 Å². The number of anilines is 1. The van der Waals surface area contributed by atoms with Crippen molar-refractivity contribution in [2.75, 3.05) is 11.9 Å². The monoisotopic (exact) mass is 486 g/mol. The normalized spacial score (nSPS) is 14.3. The maximum Gasteiger partial charge on any atom is 0.290 e. The van der Waals surface area contributed by atoms with Crippen LogP contribution in [0, 0.1) is 0 Å². The minimum atomic E-state index is -0.481. The molecule has 0 aliphatic carbocycles. The molecule has 2 amide bonds. The Morgan fingerprint density at radius 2 is 1.77 bits per heavy atom. The van der Waals surface area contributed by atoms with E-state index in [0.29, 0.717) is 41.1 Å². The Hall–Kier alpha value is -4.51. The second-order valence-corrected chi connectivity index (χ2v) is 8.44. The number of imide groups is 1. The predicted octanol–water partition coefficient (Wildman–Crippen LogP) is 3.48. The van der Waals surface area contributed by atoms with Crippen molar-refractivity contribution in [3.8, 4) is 11.6 Å². The quantitative estimate of drug-likeness (QED) is 0.335. The summed E-state index contributed by atoms with van der Waals surface area (Å²) in [6.45, 7) is 0.375. The van der Waals surface area contributed by atoms with Crippen molar-refractivity contribution in [3.63, 3.8) is 0 Å². The first-order valence-electron chi connectivity index (χ1n) is 10.6. The van der Waals surface area contributed by atoms with Crippen LogP contribution in [-0.4, -0.2) is 37.6 Å². The van der Waals surface area contributed by atoms with Crippen LogP contribution in [0.3, 0.4) is 0 Å². The van der Waals surface area contributed by atoms with Gasteiger partial charge < -0.3 is 15.0 Å². The van der Waals surface area contributed by atoms with Crippen LogP contribution >= 0.6 is 11.8 Å². The zero-order valence-electron chi connectivity index (χ0n) is 18.1. The average molecular weight is 487 g/mol. The number of aromatic amines is 1. The van der Waals surface area contributed by atoms with Gasteiger partial charge in [-0.05, 0) is 42.1 Å². The maximum absolute atomic E-state index is 12.3. The molecule has 2 aromatic heterocycles. The number of carbonyl (C=O) groups is 2. The summed E-state index contributed by atoms with van der Waals surface area (Å²) in [5, 5.41) is 5.41. The van der Waals surface area contributed by atoms with Crippen LogP contribution in [0.25, 0.3) is 17.0 Å². The third-order valence-corrected chi connectivity index (χ3v) is 5.73. The second kappa shape index (κ2) is 9.77. The smallest absolute Gasteiger partial charge is 0.290 e. The van der Waals surface area contributed by atoms with Crippen LogP contribution < -0.4 is 20.9 Å². The highest BCUT2D eigenvalue weighted by atomic mass is 32.2. The zero-order valence-corrected chi connectivity index (χ0v) is 19.0. The SMILES string of the molecule is O=C1NC(=O)C(=Cc2cc(Oc3ccccc3)nc(NCCc3nc4ccccc4c(=O)[nH]3)n2)S1. The molecule has 174 valence electrons. The summed E-state index contributed by atoms with van der Waals surface area (Å²) in [6, 6.07) is 17.8. The molecule has 0 saturated carbocycles. The van der Waals surface area contributed by atoms with Crippen molar-refractivity contribution in [1.29, 1.82) is 0 Å². The van der Waals surface area contributed by atoms with Gasteiger partial charge in [-0.25, -0.2) is 9.97 Å². The summed E-state index contributed by atoms with van der Waals surface area (Å²) < 4.78 is 5.85. The number of hydrogen-bond donors (Lipinski definition) is 3. The van der Waals surface area contributed by atoms with E-state index in [9.17, 15) is 14.4 Å². The number of carbonyl (C=O) groups excluding carboxylic acids is 2. The van der Waals surface area contributed by atoms with E-state index in [2.05, 4.69) is 30.6 Å². The molecule has 0 bridgehead atoms. The van der Waals surface area contributed by atoms with Crippen LogP contribution in [0.1, 0.15) is 11.5 Å². The van der Waals surface area contributed by atoms with E-state index in [-0.39, 0.29) is 22.3 Å². The number of aromatic nitrogens is 4. The third-order valence-electron chi connectivity index (χ3n) is 4.92. The molecule has 0 atom stereocenters. The molecular formula is C24H18N6O4S. The number of thioether (sulfide) groups is 1. The van der Waals surface area contributed by atoms with E-state index in [1.165, 1.54) is 6.08 Å². The van der Waals surface area contributed by atoms with Crippen molar-refractivity contribution in [2.45, 2.75) is 6.42 Å². The van der Waals surface area contributed by atoms with Crippen LogP contribution in [0.4, 0.5) is 10.7 Å². The Kier molecular flexibility index (Phi) is 6.22. The molecule has 10 nitrogen and oxygen atoms in total. The highest BCUT2D eigenvalue weighted by Gasteiger charge is 2.25. The first kappa shape index (κ1) is 22.3. The van der Waals surface area contributed by atoms with Crippen molar-refractivity contribution in [3.05, 3.63) is 87.4 Å². The molecule has 5 rings (SSSR count). The van der Waals surface area contributed by atoms with Gasteiger partial charge >= 0.3 is 0 Å². The molecule has 1 saturated heterocycles. The molecule has 0 spiro atoms. The average Bonchev–Trinajstić information content (AvgIpc) is 3.16. The van der Waals surface area contributed by atoms with Gasteiger partial charge in [-0.3, -0.25) is 19.7 Å². The third kappa shape index (κ3) is 5.36. The number of benzene rings is 2. The number of fused-ring (bicyclic) bond motifs is 1. The molecule has 1 aliphatic rings. The van der Waals surface area contributed by atoms with Crippen molar-refractivity contribution in [2.24, 2.45) is 0 Å². The summed E-state index contributed by atoms with van der Waals surface area (Å²) in [6.07, 6.45) is 1.91. The predicted molar refractivity (Wildman–Crippen MR) is 132 cm³/mol. The summed E-state index contributed by atoms with van der Waals surface area (Å²) in [5.41, 5.74) is 0.811.